The average Bonchev–Trinajstić information content (AvgIpc) is 2.45. The Hall–Kier alpha value is -1.59. The summed E-state index contributed by atoms with van der Waals surface area (Å²) in [5.41, 5.74) is 6.59. The molecule has 21 heavy (non-hydrogen) atoms. The number of hydrogen-bond acceptors (Lipinski definition) is 3. The fourth-order valence-electron chi connectivity index (χ4n) is 1.77. The molecule has 0 radical (unpaired) electrons. The molecule has 0 fully saturated rings. The van der Waals surface area contributed by atoms with Gasteiger partial charge in [-0.1, -0.05) is 38.5 Å². The lowest BCUT2D eigenvalue weighted by Gasteiger charge is -2.24. The summed E-state index contributed by atoms with van der Waals surface area (Å²) >= 11 is 0. The standard InChI is InChI=1S/C15H23N3O2.ClH/c1-4-11(2)14(16)15(20)18(3)10-13(19)17-12-8-6-5-7-9-12;/h5-9,11,14H,4,10,16H2,1-3H3,(H,17,19);1H. The van der Waals surface area contributed by atoms with E-state index in [0.29, 0.717) is 5.69 Å². The molecule has 0 aromatic heterocycles. The molecule has 5 nitrogen and oxygen atoms in total. The van der Waals surface area contributed by atoms with Gasteiger partial charge in [-0.05, 0) is 18.1 Å². The van der Waals surface area contributed by atoms with Crippen LogP contribution in [-0.2, 0) is 9.59 Å². The maximum atomic E-state index is 12.1. The van der Waals surface area contributed by atoms with Gasteiger partial charge in [-0.2, -0.15) is 0 Å². The number of nitrogens with zero attached hydrogens (tertiary/aromatic N) is 1. The maximum absolute atomic E-state index is 12.1. The highest BCUT2D eigenvalue weighted by atomic mass is 35.5. The van der Waals surface area contributed by atoms with Gasteiger partial charge in [-0.15, -0.1) is 12.4 Å². The summed E-state index contributed by atoms with van der Waals surface area (Å²) in [7, 11) is 1.59. The van der Waals surface area contributed by atoms with Crippen molar-refractivity contribution >= 4 is 29.9 Å². The topological polar surface area (TPSA) is 75.4 Å². The molecule has 1 rings (SSSR count). The zero-order valence-corrected chi connectivity index (χ0v) is 13.5. The number of carbonyl (C=O) groups excluding carboxylic acids is 2. The molecule has 1 aromatic rings. The van der Waals surface area contributed by atoms with Crippen LogP contribution < -0.4 is 11.1 Å². The van der Waals surface area contributed by atoms with Gasteiger partial charge >= 0.3 is 0 Å². The first-order valence-corrected chi connectivity index (χ1v) is 6.81. The lowest BCUT2D eigenvalue weighted by molar-refractivity contribution is -0.135. The number of hydrogen-bond donors (Lipinski definition) is 2. The van der Waals surface area contributed by atoms with Crippen LogP contribution in [0.3, 0.4) is 0 Å². The number of anilines is 1. The Morgan fingerprint density at radius 1 is 1.29 bits per heavy atom. The van der Waals surface area contributed by atoms with Crippen molar-refractivity contribution in [3.8, 4) is 0 Å². The Balaban J connectivity index is 0.00000400. The molecule has 1 aromatic carbocycles. The van der Waals surface area contributed by atoms with Gasteiger partial charge < -0.3 is 16.0 Å². The van der Waals surface area contributed by atoms with Gasteiger partial charge in [0.2, 0.25) is 11.8 Å². The molecule has 0 aliphatic heterocycles. The molecule has 118 valence electrons. The molecule has 0 aliphatic carbocycles. The Kier molecular flexibility index (Phi) is 8.66. The SMILES string of the molecule is CCC(C)C(N)C(=O)N(C)CC(=O)Nc1ccccc1.Cl. The lowest BCUT2D eigenvalue weighted by atomic mass is 9.99. The van der Waals surface area contributed by atoms with Crippen molar-refractivity contribution in [2.45, 2.75) is 26.3 Å². The lowest BCUT2D eigenvalue weighted by Crippen LogP contribution is -2.47. The third kappa shape index (κ3) is 6.14. The van der Waals surface area contributed by atoms with E-state index in [1.54, 1.807) is 19.2 Å². The highest BCUT2D eigenvalue weighted by Gasteiger charge is 2.23. The number of likely N-dealkylation sites (N-methyl/N-ethyl adjacent to an activating group) is 1. The molecular formula is C15H24ClN3O2. The zero-order chi connectivity index (χ0) is 15.1. The molecule has 0 bridgehead atoms. The molecule has 2 amide bonds. The first kappa shape index (κ1) is 19.4. The van der Waals surface area contributed by atoms with Crippen molar-refractivity contribution in [3.63, 3.8) is 0 Å². The van der Waals surface area contributed by atoms with Gasteiger partial charge in [0.05, 0.1) is 12.6 Å². The monoisotopic (exact) mass is 313 g/mol. The van der Waals surface area contributed by atoms with Crippen molar-refractivity contribution in [1.29, 1.82) is 0 Å². The van der Waals surface area contributed by atoms with E-state index in [4.69, 9.17) is 5.73 Å². The molecule has 0 heterocycles. The average molecular weight is 314 g/mol. The van der Waals surface area contributed by atoms with Crippen molar-refractivity contribution in [2.75, 3.05) is 18.9 Å². The van der Waals surface area contributed by atoms with Crippen LogP contribution in [-0.4, -0.2) is 36.3 Å². The van der Waals surface area contributed by atoms with Crippen LogP contribution >= 0.6 is 12.4 Å². The minimum Gasteiger partial charge on any atom is -0.335 e. The quantitative estimate of drug-likeness (QED) is 0.842. The van der Waals surface area contributed by atoms with Crippen LogP contribution in [0, 0.1) is 5.92 Å². The van der Waals surface area contributed by atoms with Crippen molar-refractivity contribution < 1.29 is 9.59 Å². The fraction of sp³-hybridized carbons (Fsp3) is 0.467. The Bertz CT molecular complexity index is 453. The minimum absolute atomic E-state index is 0. The van der Waals surface area contributed by atoms with Crippen LogP contribution in [0.1, 0.15) is 20.3 Å². The largest absolute Gasteiger partial charge is 0.335 e. The van der Waals surface area contributed by atoms with Gasteiger partial charge in [0.25, 0.3) is 0 Å². The van der Waals surface area contributed by atoms with Crippen molar-refractivity contribution in [2.24, 2.45) is 11.7 Å². The third-order valence-electron chi connectivity index (χ3n) is 3.36. The predicted molar refractivity (Wildman–Crippen MR) is 87.4 cm³/mol. The molecule has 2 unspecified atom stereocenters. The van der Waals surface area contributed by atoms with E-state index in [1.807, 2.05) is 32.0 Å². The fourth-order valence-corrected chi connectivity index (χ4v) is 1.77. The van der Waals surface area contributed by atoms with Crippen molar-refractivity contribution in [3.05, 3.63) is 30.3 Å². The minimum atomic E-state index is -0.561. The molecule has 2 atom stereocenters. The van der Waals surface area contributed by atoms with Gasteiger partial charge in [-0.25, -0.2) is 0 Å². The molecule has 0 saturated carbocycles. The van der Waals surface area contributed by atoms with E-state index < -0.39 is 6.04 Å². The van der Waals surface area contributed by atoms with Crippen LogP contribution in [0.4, 0.5) is 5.69 Å². The molecule has 3 N–H and O–H groups in total. The first-order valence-electron chi connectivity index (χ1n) is 6.81. The Morgan fingerprint density at radius 3 is 2.38 bits per heavy atom. The van der Waals surface area contributed by atoms with Crippen molar-refractivity contribution in [1.82, 2.24) is 4.90 Å². The van der Waals surface area contributed by atoms with E-state index in [0.717, 1.165) is 6.42 Å². The molecule has 0 saturated heterocycles. The van der Waals surface area contributed by atoms with E-state index in [9.17, 15) is 9.59 Å². The maximum Gasteiger partial charge on any atom is 0.243 e. The Labute approximate surface area is 132 Å². The van der Waals surface area contributed by atoms with Crippen LogP contribution in [0.15, 0.2) is 30.3 Å². The predicted octanol–water partition coefficient (Wildman–Crippen LogP) is 1.88. The summed E-state index contributed by atoms with van der Waals surface area (Å²) in [5, 5.41) is 2.74. The van der Waals surface area contributed by atoms with Gasteiger partial charge in [-0.3, -0.25) is 9.59 Å². The summed E-state index contributed by atoms with van der Waals surface area (Å²) in [6.07, 6.45) is 0.830. The summed E-state index contributed by atoms with van der Waals surface area (Å²) in [6, 6.07) is 8.58. The van der Waals surface area contributed by atoms with E-state index in [2.05, 4.69) is 5.32 Å². The van der Waals surface area contributed by atoms with E-state index in [1.165, 1.54) is 4.90 Å². The smallest absolute Gasteiger partial charge is 0.243 e. The van der Waals surface area contributed by atoms with Gasteiger partial charge in [0.15, 0.2) is 0 Å². The normalized spacial score (nSPS) is 12.8. The van der Waals surface area contributed by atoms with Gasteiger partial charge in [0, 0.05) is 12.7 Å². The number of nitrogens with one attached hydrogen (secondary N) is 1. The molecule has 0 spiro atoms. The van der Waals surface area contributed by atoms with Crippen LogP contribution in [0.5, 0.6) is 0 Å². The first-order chi connectivity index (χ1) is 9.45. The third-order valence-corrected chi connectivity index (χ3v) is 3.36. The highest BCUT2D eigenvalue weighted by molar-refractivity contribution is 5.95. The molecular weight excluding hydrogens is 290 g/mol. The number of nitrogens with two attached hydrogens (primary N) is 1. The second kappa shape index (κ2) is 9.37. The Morgan fingerprint density at radius 2 is 1.86 bits per heavy atom. The van der Waals surface area contributed by atoms with E-state index >= 15 is 0 Å². The van der Waals surface area contributed by atoms with Crippen LogP contribution in [0.2, 0.25) is 0 Å². The number of carbonyl (C=O) groups is 2. The van der Waals surface area contributed by atoms with Crippen LogP contribution in [0.25, 0.3) is 0 Å². The second-order valence-corrected chi connectivity index (χ2v) is 5.02. The number of benzene rings is 1. The number of amides is 2. The summed E-state index contributed by atoms with van der Waals surface area (Å²) in [6.45, 7) is 3.91. The second-order valence-electron chi connectivity index (χ2n) is 5.02. The zero-order valence-electron chi connectivity index (χ0n) is 12.7. The number of para-hydroxylation sites is 1. The summed E-state index contributed by atoms with van der Waals surface area (Å²) < 4.78 is 0. The molecule has 0 aliphatic rings. The highest BCUT2D eigenvalue weighted by Crippen LogP contribution is 2.08. The van der Waals surface area contributed by atoms with E-state index in [-0.39, 0.29) is 36.7 Å². The summed E-state index contributed by atoms with van der Waals surface area (Å²) in [5.74, 6) is -0.340. The summed E-state index contributed by atoms with van der Waals surface area (Å²) in [4.78, 5) is 25.3. The molecule has 6 heteroatoms. The number of halogens is 1. The number of rotatable bonds is 6. The van der Waals surface area contributed by atoms with Gasteiger partial charge in [0.1, 0.15) is 0 Å².